The number of amides is 2. The van der Waals surface area contributed by atoms with Gasteiger partial charge in [-0.3, -0.25) is 18.9 Å². The Kier molecular flexibility index (Phi) is 5.00. The van der Waals surface area contributed by atoms with Crippen LogP contribution in [0.1, 0.15) is 29.6 Å². The molecule has 6 nitrogen and oxygen atoms in total. The average Bonchev–Trinajstić information content (AvgIpc) is 3.26. The Morgan fingerprint density at radius 3 is 2.73 bits per heavy atom. The standard InChI is InChI=1S/C21H17FN4O2S2/c22-14-10-8-13(9-11-14)18(27)25-12-4-3-7-17(19(25)28)30-21-24-23-20-26(21)15-5-1-2-6-16(15)29-20/h1-2,5-6,8-11,17H,3-4,7,12H2/t17-/m1/s1. The van der Waals surface area contributed by atoms with Crippen molar-refractivity contribution in [1.29, 1.82) is 0 Å². The summed E-state index contributed by atoms with van der Waals surface area (Å²) >= 11 is 2.90. The molecule has 5 rings (SSSR count). The van der Waals surface area contributed by atoms with E-state index in [2.05, 4.69) is 10.2 Å². The van der Waals surface area contributed by atoms with Crippen molar-refractivity contribution in [2.75, 3.05) is 6.54 Å². The van der Waals surface area contributed by atoms with Gasteiger partial charge in [0.15, 0.2) is 5.16 Å². The summed E-state index contributed by atoms with van der Waals surface area (Å²) in [4.78, 5) is 28.2. The van der Waals surface area contributed by atoms with E-state index in [9.17, 15) is 14.0 Å². The van der Waals surface area contributed by atoms with E-state index in [0.717, 1.165) is 28.0 Å². The number of carbonyl (C=O) groups is 2. The van der Waals surface area contributed by atoms with E-state index in [-0.39, 0.29) is 11.8 Å². The zero-order valence-electron chi connectivity index (χ0n) is 15.8. The highest BCUT2D eigenvalue weighted by Gasteiger charge is 2.33. The maximum Gasteiger partial charge on any atom is 0.260 e. The van der Waals surface area contributed by atoms with Crippen molar-refractivity contribution >= 4 is 50.1 Å². The van der Waals surface area contributed by atoms with Gasteiger partial charge in [-0.15, -0.1) is 10.2 Å². The third kappa shape index (κ3) is 3.37. The smallest absolute Gasteiger partial charge is 0.260 e. The number of likely N-dealkylation sites (tertiary alicyclic amines) is 1. The largest absolute Gasteiger partial charge is 0.278 e. The predicted molar refractivity (Wildman–Crippen MR) is 114 cm³/mol. The van der Waals surface area contributed by atoms with Crippen molar-refractivity contribution in [3.63, 3.8) is 0 Å². The lowest BCUT2D eigenvalue weighted by molar-refractivity contribution is -0.127. The first kappa shape index (κ1) is 19.2. The van der Waals surface area contributed by atoms with Gasteiger partial charge in [0.05, 0.1) is 15.5 Å². The molecule has 0 unspecified atom stereocenters. The van der Waals surface area contributed by atoms with E-state index in [4.69, 9.17) is 0 Å². The monoisotopic (exact) mass is 440 g/mol. The number of nitrogens with zero attached hydrogens (tertiary/aromatic N) is 4. The lowest BCUT2D eigenvalue weighted by atomic mass is 10.2. The maximum atomic E-state index is 13.2. The van der Waals surface area contributed by atoms with Gasteiger partial charge in [-0.2, -0.15) is 0 Å². The quantitative estimate of drug-likeness (QED) is 0.442. The van der Waals surface area contributed by atoms with Crippen molar-refractivity contribution in [3.05, 3.63) is 59.9 Å². The lowest BCUT2D eigenvalue weighted by Gasteiger charge is -2.22. The van der Waals surface area contributed by atoms with E-state index < -0.39 is 11.1 Å². The first-order chi connectivity index (χ1) is 14.6. The summed E-state index contributed by atoms with van der Waals surface area (Å²) in [7, 11) is 0. The third-order valence-electron chi connectivity index (χ3n) is 5.13. The Bertz CT molecular complexity index is 1250. The minimum Gasteiger partial charge on any atom is -0.278 e. The summed E-state index contributed by atoms with van der Waals surface area (Å²) in [6.45, 7) is 0.364. The molecule has 1 aliphatic heterocycles. The van der Waals surface area contributed by atoms with Crippen LogP contribution in [0.25, 0.3) is 15.2 Å². The molecule has 4 aromatic rings. The SMILES string of the molecule is O=C(c1ccc(F)cc1)N1CCCC[C@@H](Sc2nnc3sc4ccccc4n23)C1=O. The summed E-state index contributed by atoms with van der Waals surface area (Å²) in [6.07, 6.45) is 2.24. The number of carbonyl (C=O) groups excluding carboxylic acids is 2. The number of thiazole rings is 1. The number of rotatable bonds is 3. The molecular formula is C21H17FN4O2S2. The Balaban J connectivity index is 1.44. The van der Waals surface area contributed by atoms with Gasteiger partial charge in [0.1, 0.15) is 5.82 Å². The lowest BCUT2D eigenvalue weighted by Crippen LogP contribution is -2.41. The van der Waals surface area contributed by atoms with Gasteiger partial charge < -0.3 is 0 Å². The van der Waals surface area contributed by atoms with Crippen LogP contribution >= 0.6 is 23.1 Å². The second kappa shape index (κ2) is 7.81. The molecule has 2 aromatic heterocycles. The minimum atomic E-state index is -0.428. The molecule has 0 N–H and O–H groups in total. The van der Waals surface area contributed by atoms with Crippen LogP contribution in [-0.4, -0.2) is 43.1 Å². The molecular weight excluding hydrogens is 423 g/mol. The van der Waals surface area contributed by atoms with Crippen molar-refractivity contribution in [2.24, 2.45) is 0 Å². The molecule has 1 atom stereocenters. The molecule has 0 radical (unpaired) electrons. The number of benzene rings is 2. The van der Waals surface area contributed by atoms with Gasteiger partial charge in [0.25, 0.3) is 5.91 Å². The van der Waals surface area contributed by atoms with Crippen molar-refractivity contribution in [3.8, 4) is 0 Å². The highest BCUT2D eigenvalue weighted by atomic mass is 32.2. The topological polar surface area (TPSA) is 67.6 Å². The number of imide groups is 1. The van der Waals surface area contributed by atoms with Crippen LogP contribution in [0.5, 0.6) is 0 Å². The number of halogens is 1. The summed E-state index contributed by atoms with van der Waals surface area (Å²) in [5, 5.41) is 8.78. The normalized spacial score (nSPS) is 17.6. The molecule has 1 aliphatic rings. The second-order valence-electron chi connectivity index (χ2n) is 7.07. The molecule has 152 valence electrons. The fraction of sp³-hybridized carbons (Fsp3) is 0.238. The summed E-state index contributed by atoms with van der Waals surface area (Å²) in [5.41, 5.74) is 1.31. The molecule has 30 heavy (non-hydrogen) atoms. The van der Waals surface area contributed by atoms with Gasteiger partial charge in [0, 0.05) is 12.1 Å². The fourth-order valence-electron chi connectivity index (χ4n) is 3.63. The van der Waals surface area contributed by atoms with Crippen LogP contribution in [0.2, 0.25) is 0 Å². The zero-order valence-corrected chi connectivity index (χ0v) is 17.5. The maximum absolute atomic E-state index is 13.2. The highest BCUT2D eigenvalue weighted by Crippen LogP contribution is 2.34. The zero-order chi connectivity index (χ0) is 20.7. The van der Waals surface area contributed by atoms with Crippen LogP contribution in [0.4, 0.5) is 4.39 Å². The fourth-order valence-corrected chi connectivity index (χ4v) is 5.79. The Morgan fingerprint density at radius 1 is 1.10 bits per heavy atom. The molecule has 9 heteroatoms. The van der Waals surface area contributed by atoms with Gasteiger partial charge in [-0.25, -0.2) is 4.39 Å². The number of hydrogen-bond donors (Lipinski definition) is 0. The molecule has 1 saturated heterocycles. The number of fused-ring (bicyclic) bond motifs is 3. The number of para-hydroxylation sites is 1. The van der Waals surface area contributed by atoms with E-state index in [0.29, 0.717) is 23.7 Å². The molecule has 0 spiro atoms. The first-order valence-electron chi connectivity index (χ1n) is 9.62. The molecule has 3 heterocycles. The van der Waals surface area contributed by atoms with E-state index in [1.165, 1.54) is 40.9 Å². The Hall–Kier alpha value is -2.78. The van der Waals surface area contributed by atoms with Crippen LogP contribution < -0.4 is 0 Å². The predicted octanol–water partition coefficient (Wildman–Crippen LogP) is 4.40. The number of hydrogen-bond acceptors (Lipinski definition) is 6. The number of thioether (sulfide) groups is 1. The molecule has 0 saturated carbocycles. The van der Waals surface area contributed by atoms with E-state index in [1.54, 1.807) is 11.3 Å². The molecule has 0 aliphatic carbocycles. The summed E-state index contributed by atoms with van der Waals surface area (Å²) in [5.74, 6) is -1.04. The van der Waals surface area contributed by atoms with Crippen molar-refractivity contribution < 1.29 is 14.0 Å². The van der Waals surface area contributed by atoms with Crippen LogP contribution in [0.15, 0.2) is 53.7 Å². The average molecular weight is 441 g/mol. The summed E-state index contributed by atoms with van der Waals surface area (Å²) in [6, 6.07) is 13.3. The molecule has 1 fully saturated rings. The van der Waals surface area contributed by atoms with Crippen LogP contribution in [0.3, 0.4) is 0 Å². The van der Waals surface area contributed by atoms with Crippen molar-refractivity contribution in [1.82, 2.24) is 19.5 Å². The molecule has 2 amide bonds. The Morgan fingerprint density at radius 2 is 1.90 bits per heavy atom. The van der Waals surface area contributed by atoms with E-state index >= 15 is 0 Å². The molecule has 0 bridgehead atoms. The van der Waals surface area contributed by atoms with Crippen LogP contribution in [-0.2, 0) is 4.79 Å². The van der Waals surface area contributed by atoms with Crippen LogP contribution in [0, 0.1) is 5.82 Å². The van der Waals surface area contributed by atoms with E-state index in [1.807, 2.05) is 28.7 Å². The first-order valence-corrected chi connectivity index (χ1v) is 11.3. The minimum absolute atomic E-state index is 0.233. The number of aromatic nitrogens is 3. The van der Waals surface area contributed by atoms with Gasteiger partial charge >= 0.3 is 0 Å². The van der Waals surface area contributed by atoms with Gasteiger partial charge in [-0.05, 0) is 49.2 Å². The molecule has 2 aromatic carbocycles. The van der Waals surface area contributed by atoms with Gasteiger partial charge in [-0.1, -0.05) is 41.7 Å². The highest BCUT2D eigenvalue weighted by molar-refractivity contribution is 8.00. The van der Waals surface area contributed by atoms with Gasteiger partial charge in [0.2, 0.25) is 10.9 Å². The van der Waals surface area contributed by atoms with Crippen molar-refractivity contribution in [2.45, 2.75) is 29.7 Å². The second-order valence-corrected chi connectivity index (χ2v) is 9.25. The Labute approximate surface area is 179 Å². The summed E-state index contributed by atoms with van der Waals surface area (Å²) < 4.78 is 16.3. The third-order valence-corrected chi connectivity index (χ3v) is 7.34.